The van der Waals surface area contributed by atoms with E-state index in [0.717, 1.165) is 11.1 Å². The van der Waals surface area contributed by atoms with Crippen LogP contribution in [0.1, 0.15) is 23.7 Å². The van der Waals surface area contributed by atoms with Crippen LogP contribution in [-0.4, -0.2) is 24.4 Å². The van der Waals surface area contributed by atoms with E-state index in [9.17, 15) is 9.90 Å². The fourth-order valence-corrected chi connectivity index (χ4v) is 1.96. The smallest absolute Gasteiger partial charge is 0.222 e. The number of ether oxygens (including phenoxy) is 1. The van der Waals surface area contributed by atoms with Crippen LogP contribution in [0.4, 0.5) is 0 Å². The molecule has 86 valence electrons. The van der Waals surface area contributed by atoms with Crippen LogP contribution in [0.2, 0.25) is 0 Å². The van der Waals surface area contributed by atoms with Crippen molar-refractivity contribution >= 4 is 5.91 Å². The highest BCUT2D eigenvalue weighted by Gasteiger charge is 2.27. The van der Waals surface area contributed by atoms with Crippen molar-refractivity contribution in [2.75, 3.05) is 7.05 Å². The number of hydrogen-bond donors (Lipinski definition) is 2. The molecular formula is C12H15NO3. The minimum atomic E-state index is -0.815. The maximum atomic E-state index is 11.3. The van der Waals surface area contributed by atoms with E-state index in [1.165, 1.54) is 0 Å². The molecule has 0 saturated carbocycles. The molecule has 1 amide bonds. The van der Waals surface area contributed by atoms with Gasteiger partial charge < -0.3 is 15.2 Å². The molecule has 0 aliphatic carbocycles. The van der Waals surface area contributed by atoms with Gasteiger partial charge in [-0.25, -0.2) is 0 Å². The number of carbonyl (C=O) groups is 1. The summed E-state index contributed by atoms with van der Waals surface area (Å²) >= 11 is 0. The summed E-state index contributed by atoms with van der Waals surface area (Å²) in [6, 6.07) is 7.73. The lowest BCUT2D eigenvalue weighted by molar-refractivity contribution is -0.154. The minimum absolute atomic E-state index is 0.0890. The molecule has 1 aliphatic rings. The van der Waals surface area contributed by atoms with Crippen molar-refractivity contribution in [1.82, 2.24) is 5.32 Å². The summed E-state index contributed by atoms with van der Waals surface area (Å²) in [5, 5.41) is 12.1. The SMILES string of the molecule is CNC(=O)CC1OC(O)Cc2ccccc21. The number of nitrogens with one attached hydrogen (secondary N) is 1. The number of amides is 1. The van der Waals surface area contributed by atoms with Crippen molar-refractivity contribution in [2.24, 2.45) is 0 Å². The van der Waals surface area contributed by atoms with Gasteiger partial charge in [0, 0.05) is 13.5 Å². The van der Waals surface area contributed by atoms with Gasteiger partial charge in [0.15, 0.2) is 6.29 Å². The molecule has 1 aromatic rings. The molecule has 0 spiro atoms. The lowest BCUT2D eigenvalue weighted by Gasteiger charge is -2.29. The molecule has 2 unspecified atom stereocenters. The van der Waals surface area contributed by atoms with E-state index in [-0.39, 0.29) is 18.4 Å². The summed E-state index contributed by atoms with van der Waals surface area (Å²) in [7, 11) is 1.59. The van der Waals surface area contributed by atoms with Crippen molar-refractivity contribution in [3.05, 3.63) is 35.4 Å². The summed E-state index contributed by atoms with van der Waals surface area (Å²) < 4.78 is 5.38. The Bertz CT molecular complexity index is 392. The molecule has 1 aliphatic heterocycles. The van der Waals surface area contributed by atoms with Gasteiger partial charge in [-0.05, 0) is 11.1 Å². The number of aliphatic hydroxyl groups is 1. The first-order chi connectivity index (χ1) is 7.70. The predicted octanol–water partition coefficient (Wildman–Crippen LogP) is 0.755. The molecule has 4 heteroatoms. The zero-order chi connectivity index (χ0) is 11.5. The van der Waals surface area contributed by atoms with Gasteiger partial charge in [-0.2, -0.15) is 0 Å². The second-order valence-corrected chi connectivity index (χ2v) is 3.86. The van der Waals surface area contributed by atoms with E-state index in [4.69, 9.17) is 4.74 Å². The van der Waals surface area contributed by atoms with Crippen LogP contribution in [0.25, 0.3) is 0 Å². The van der Waals surface area contributed by atoms with Crippen LogP contribution in [0.5, 0.6) is 0 Å². The number of benzene rings is 1. The lowest BCUT2D eigenvalue weighted by atomic mass is 9.95. The van der Waals surface area contributed by atoms with Crippen molar-refractivity contribution in [3.8, 4) is 0 Å². The molecule has 2 rings (SSSR count). The molecule has 0 radical (unpaired) electrons. The summed E-state index contributed by atoms with van der Waals surface area (Å²) in [4.78, 5) is 11.3. The predicted molar refractivity (Wildman–Crippen MR) is 58.7 cm³/mol. The van der Waals surface area contributed by atoms with Gasteiger partial charge in [0.05, 0.1) is 12.5 Å². The Balaban J connectivity index is 2.23. The first kappa shape index (κ1) is 11.1. The van der Waals surface area contributed by atoms with Gasteiger partial charge in [0.2, 0.25) is 5.91 Å². The Morgan fingerprint density at radius 3 is 3.06 bits per heavy atom. The molecular weight excluding hydrogens is 206 g/mol. The molecule has 4 nitrogen and oxygen atoms in total. The summed E-state index contributed by atoms with van der Waals surface area (Å²) in [6.45, 7) is 0. The quantitative estimate of drug-likeness (QED) is 0.775. The van der Waals surface area contributed by atoms with E-state index < -0.39 is 6.29 Å². The highest BCUT2D eigenvalue weighted by Crippen LogP contribution is 2.31. The zero-order valence-electron chi connectivity index (χ0n) is 9.14. The third kappa shape index (κ3) is 2.23. The number of fused-ring (bicyclic) bond motifs is 1. The largest absolute Gasteiger partial charge is 0.368 e. The third-order valence-corrected chi connectivity index (χ3v) is 2.77. The maximum absolute atomic E-state index is 11.3. The standard InChI is InChI=1S/C12H15NO3/c1-13-11(14)7-10-9-5-3-2-4-8(9)6-12(15)16-10/h2-5,10,12,15H,6-7H2,1H3,(H,13,14). The summed E-state index contributed by atoms with van der Waals surface area (Å²) in [6.07, 6.45) is -0.435. The number of hydrogen-bond acceptors (Lipinski definition) is 3. The van der Waals surface area contributed by atoms with Gasteiger partial charge in [0.1, 0.15) is 0 Å². The van der Waals surface area contributed by atoms with Crippen LogP contribution < -0.4 is 5.32 Å². The molecule has 0 aromatic heterocycles. The number of aliphatic hydroxyl groups excluding tert-OH is 1. The monoisotopic (exact) mass is 221 g/mol. The minimum Gasteiger partial charge on any atom is -0.368 e. The maximum Gasteiger partial charge on any atom is 0.222 e. The second-order valence-electron chi connectivity index (χ2n) is 3.86. The topological polar surface area (TPSA) is 58.6 Å². The Morgan fingerprint density at radius 1 is 1.56 bits per heavy atom. The second kappa shape index (κ2) is 4.63. The Kier molecular flexibility index (Phi) is 3.22. The van der Waals surface area contributed by atoms with Crippen molar-refractivity contribution in [3.63, 3.8) is 0 Å². The Labute approximate surface area is 94.2 Å². The molecule has 16 heavy (non-hydrogen) atoms. The fraction of sp³-hybridized carbons (Fsp3) is 0.417. The van der Waals surface area contributed by atoms with Gasteiger partial charge in [0.25, 0.3) is 0 Å². The molecule has 2 N–H and O–H groups in total. The van der Waals surface area contributed by atoms with Crippen LogP contribution >= 0.6 is 0 Å². The van der Waals surface area contributed by atoms with E-state index >= 15 is 0 Å². The van der Waals surface area contributed by atoms with Crippen molar-refractivity contribution in [2.45, 2.75) is 25.2 Å². The lowest BCUT2D eigenvalue weighted by Crippen LogP contribution is -2.29. The highest BCUT2D eigenvalue weighted by atomic mass is 16.6. The zero-order valence-corrected chi connectivity index (χ0v) is 9.14. The Morgan fingerprint density at radius 2 is 2.31 bits per heavy atom. The van der Waals surface area contributed by atoms with E-state index in [2.05, 4.69) is 5.32 Å². The van der Waals surface area contributed by atoms with Crippen LogP contribution in [-0.2, 0) is 16.0 Å². The van der Waals surface area contributed by atoms with Gasteiger partial charge >= 0.3 is 0 Å². The van der Waals surface area contributed by atoms with Crippen molar-refractivity contribution in [1.29, 1.82) is 0 Å². The van der Waals surface area contributed by atoms with E-state index in [0.29, 0.717) is 6.42 Å². The molecule has 0 fully saturated rings. The molecule has 0 bridgehead atoms. The highest BCUT2D eigenvalue weighted by molar-refractivity contribution is 5.76. The van der Waals surface area contributed by atoms with Gasteiger partial charge in [-0.1, -0.05) is 24.3 Å². The van der Waals surface area contributed by atoms with Gasteiger partial charge in [-0.3, -0.25) is 4.79 Å². The van der Waals surface area contributed by atoms with Crippen LogP contribution in [0, 0.1) is 0 Å². The average Bonchev–Trinajstić information content (AvgIpc) is 2.28. The van der Waals surface area contributed by atoms with Crippen LogP contribution in [0.3, 0.4) is 0 Å². The molecule has 2 atom stereocenters. The number of carbonyl (C=O) groups excluding carboxylic acids is 1. The van der Waals surface area contributed by atoms with Gasteiger partial charge in [-0.15, -0.1) is 0 Å². The molecule has 1 aromatic carbocycles. The summed E-state index contributed by atoms with van der Waals surface area (Å²) in [5.74, 6) is -0.0890. The first-order valence-corrected chi connectivity index (χ1v) is 5.32. The van der Waals surface area contributed by atoms with E-state index in [1.54, 1.807) is 7.05 Å². The summed E-state index contributed by atoms with van der Waals surface area (Å²) in [5.41, 5.74) is 2.05. The van der Waals surface area contributed by atoms with Crippen molar-refractivity contribution < 1.29 is 14.6 Å². The van der Waals surface area contributed by atoms with E-state index in [1.807, 2.05) is 24.3 Å². The van der Waals surface area contributed by atoms with Crippen LogP contribution in [0.15, 0.2) is 24.3 Å². The Hall–Kier alpha value is -1.39. The average molecular weight is 221 g/mol. The fourth-order valence-electron chi connectivity index (χ4n) is 1.96. The molecule has 1 heterocycles. The first-order valence-electron chi connectivity index (χ1n) is 5.32. The normalized spacial score (nSPS) is 23.6. The number of rotatable bonds is 2. The third-order valence-electron chi connectivity index (χ3n) is 2.77. The molecule has 0 saturated heterocycles.